The average Bonchev–Trinajstić information content (AvgIpc) is 3.41. The summed E-state index contributed by atoms with van der Waals surface area (Å²) in [6.45, 7) is 1.85. The van der Waals surface area contributed by atoms with Crippen LogP contribution in [0.25, 0.3) is 0 Å². The van der Waals surface area contributed by atoms with Gasteiger partial charge in [-0.05, 0) is 37.8 Å². The molecule has 25 heavy (non-hydrogen) atoms. The standard InChI is InChI=1S/C19H22FNO4/c1-12(13-7-8-13)24-19(22)15-11-14(20)9-10-17(15)25-18-6-4-3-5-16(18)21(2)23/h3-6,11-13,21H,7-10H2,1-2H3/t12-/m1/s1. The van der Waals surface area contributed by atoms with Crippen LogP contribution in [-0.2, 0) is 9.53 Å². The lowest BCUT2D eigenvalue weighted by molar-refractivity contribution is -0.751. The van der Waals surface area contributed by atoms with Crippen molar-refractivity contribution in [2.45, 2.75) is 38.7 Å². The first kappa shape index (κ1) is 17.6. The van der Waals surface area contributed by atoms with Gasteiger partial charge in [-0.25, -0.2) is 9.18 Å². The van der Waals surface area contributed by atoms with E-state index in [1.807, 2.05) is 6.92 Å². The van der Waals surface area contributed by atoms with Crippen molar-refractivity contribution in [3.8, 4) is 5.75 Å². The van der Waals surface area contributed by atoms with E-state index in [-0.39, 0.29) is 35.4 Å². The Morgan fingerprint density at radius 2 is 2.04 bits per heavy atom. The van der Waals surface area contributed by atoms with Crippen molar-refractivity contribution in [2.24, 2.45) is 5.92 Å². The molecule has 1 N–H and O–H groups in total. The lowest BCUT2D eigenvalue weighted by atomic mass is 10.0. The van der Waals surface area contributed by atoms with Crippen LogP contribution in [0.5, 0.6) is 5.75 Å². The van der Waals surface area contributed by atoms with E-state index < -0.39 is 5.97 Å². The van der Waals surface area contributed by atoms with E-state index in [4.69, 9.17) is 9.47 Å². The second-order valence-electron chi connectivity index (χ2n) is 6.53. The molecule has 2 aliphatic rings. The zero-order valence-corrected chi connectivity index (χ0v) is 14.4. The number of quaternary nitrogens is 1. The Bertz CT molecular complexity index is 722. The van der Waals surface area contributed by atoms with Gasteiger partial charge in [0.15, 0.2) is 11.4 Å². The molecule has 1 fully saturated rings. The van der Waals surface area contributed by atoms with Crippen LogP contribution < -0.4 is 9.80 Å². The first-order valence-corrected chi connectivity index (χ1v) is 8.53. The van der Waals surface area contributed by atoms with Gasteiger partial charge < -0.3 is 19.7 Å². The zero-order chi connectivity index (χ0) is 18.0. The Labute approximate surface area is 146 Å². The smallest absolute Gasteiger partial charge is 0.341 e. The molecule has 6 heteroatoms. The fraction of sp³-hybridized carbons (Fsp3) is 0.421. The molecule has 0 saturated heterocycles. The number of rotatable bonds is 6. The molecule has 0 radical (unpaired) electrons. The van der Waals surface area contributed by atoms with Gasteiger partial charge in [-0.3, -0.25) is 0 Å². The average molecular weight is 347 g/mol. The van der Waals surface area contributed by atoms with E-state index in [0.29, 0.717) is 23.1 Å². The second-order valence-corrected chi connectivity index (χ2v) is 6.53. The van der Waals surface area contributed by atoms with Crippen LogP contribution in [0.2, 0.25) is 0 Å². The number of hydrogen-bond donors (Lipinski definition) is 1. The molecule has 0 heterocycles. The van der Waals surface area contributed by atoms with Crippen molar-refractivity contribution in [1.29, 1.82) is 0 Å². The van der Waals surface area contributed by atoms with Crippen LogP contribution in [0.15, 0.2) is 47.5 Å². The third kappa shape index (κ3) is 4.27. The molecule has 2 aliphatic carbocycles. The molecule has 1 saturated carbocycles. The van der Waals surface area contributed by atoms with Gasteiger partial charge in [0.25, 0.3) is 0 Å². The summed E-state index contributed by atoms with van der Waals surface area (Å²) in [6, 6.07) is 6.80. The molecule has 0 bridgehead atoms. The molecule has 1 aromatic rings. The van der Waals surface area contributed by atoms with Gasteiger partial charge in [-0.15, -0.1) is 0 Å². The molecular formula is C19H22FNO4. The Hall–Kier alpha value is -2.18. The SMILES string of the molecule is C[C@@H](OC(=O)C1=C(Oc2ccccc2[NH+](C)[O-])CCC(F)=C1)C1CC1. The fourth-order valence-electron chi connectivity index (χ4n) is 2.83. The number of carbonyl (C=O) groups is 1. The summed E-state index contributed by atoms with van der Waals surface area (Å²) >= 11 is 0. The van der Waals surface area contributed by atoms with Crippen LogP contribution in [0.3, 0.4) is 0 Å². The topological polar surface area (TPSA) is 63.0 Å². The first-order chi connectivity index (χ1) is 12.0. The maximum atomic E-state index is 13.7. The third-order valence-electron chi connectivity index (χ3n) is 4.49. The number of ether oxygens (including phenoxy) is 2. The lowest BCUT2D eigenvalue weighted by Gasteiger charge is -2.22. The number of hydroxylamine groups is 1. The van der Waals surface area contributed by atoms with Crippen molar-refractivity contribution in [2.75, 3.05) is 7.05 Å². The number of benzene rings is 1. The number of hydrogen-bond acceptors (Lipinski definition) is 4. The highest BCUT2D eigenvalue weighted by molar-refractivity contribution is 5.92. The van der Waals surface area contributed by atoms with Crippen LogP contribution >= 0.6 is 0 Å². The van der Waals surface area contributed by atoms with Gasteiger partial charge in [-0.2, -0.15) is 0 Å². The minimum atomic E-state index is -0.579. The van der Waals surface area contributed by atoms with Gasteiger partial charge >= 0.3 is 5.97 Å². The highest BCUT2D eigenvalue weighted by Gasteiger charge is 2.32. The minimum absolute atomic E-state index is 0.0922. The van der Waals surface area contributed by atoms with Crippen molar-refractivity contribution in [1.82, 2.24) is 0 Å². The van der Waals surface area contributed by atoms with Crippen molar-refractivity contribution in [3.05, 3.63) is 52.7 Å². The van der Waals surface area contributed by atoms with E-state index in [1.54, 1.807) is 24.3 Å². The number of allylic oxidation sites excluding steroid dienone is 2. The highest BCUT2D eigenvalue weighted by atomic mass is 19.1. The lowest BCUT2D eigenvalue weighted by Crippen LogP contribution is -2.98. The van der Waals surface area contributed by atoms with Crippen molar-refractivity contribution >= 4 is 11.7 Å². The maximum absolute atomic E-state index is 13.7. The summed E-state index contributed by atoms with van der Waals surface area (Å²) in [4.78, 5) is 12.5. The molecule has 1 unspecified atom stereocenters. The first-order valence-electron chi connectivity index (χ1n) is 8.53. The van der Waals surface area contributed by atoms with Crippen molar-refractivity contribution in [3.63, 3.8) is 0 Å². The Morgan fingerprint density at radius 1 is 1.32 bits per heavy atom. The summed E-state index contributed by atoms with van der Waals surface area (Å²) in [6.07, 6.45) is 3.49. The van der Waals surface area contributed by atoms with Gasteiger partial charge in [0.1, 0.15) is 23.3 Å². The Balaban J connectivity index is 1.86. The monoisotopic (exact) mass is 347 g/mol. The maximum Gasteiger partial charge on any atom is 0.341 e. The summed E-state index contributed by atoms with van der Waals surface area (Å²) in [5, 5.41) is 11.6. The normalized spacial score (nSPS) is 19.9. The molecule has 3 rings (SSSR count). The third-order valence-corrected chi connectivity index (χ3v) is 4.49. The van der Waals surface area contributed by atoms with E-state index in [9.17, 15) is 14.4 Å². The summed E-state index contributed by atoms with van der Waals surface area (Å²) in [5.41, 5.74) is 0.513. The van der Waals surface area contributed by atoms with E-state index >= 15 is 0 Å². The largest absolute Gasteiger partial charge is 0.629 e. The fourth-order valence-corrected chi connectivity index (χ4v) is 2.83. The van der Waals surface area contributed by atoms with E-state index in [1.165, 1.54) is 13.1 Å². The van der Waals surface area contributed by atoms with Gasteiger partial charge in [0, 0.05) is 18.9 Å². The van der Waals surface area contributed by atoms with Gasteiger partial charge in [0.05, 0.1) is 7.05 Å². The molecule has 5 nitrogen and oxygen atoms in total. The predicted molar refractivity (Wildman–Crippen MR) is 90.7 cm³/mol. The van der Waals surface area contributed by atoms with Crippen LogP contribution in [0.4, 0.5) is 10.1 Å². The Kier molecular flexibility index (Phi) is 5.20. The van der Waals surface area contributed by atoms with Crippen LogP contribution in [0, 0.1) is 11.1 Å². The quantitative estimate of drug-likeness (QED) is 0.635. The number of carbonyl (C=O) groups excluding carboxylic acids is 1. The minimum Gasteiger partial charge on any atom is -0.629 e. The molecule has 0 aliphatic heterocycles. The summed E-state index contributed by atoms with van der Waals surface area (Å²) in [5.74, 6) is 0.136. The van der Waals surface area contributed by atoms with Crippen molar-refractivity contribution < 1.29 is 23.7 Å². The molecule has 1 aromatic carbocycles. The van der Waals surface area contributed by atoms with E-state index in [2.05, 4.69) is 0 Å². The molecular weight excluding hydrogens is 325 g/mol. The Morgan fingerprint density at radius 3 is 2.72 bits per heavy atom. The molecule has 2 atom stereocenters. The van der Waals surface area contributed by atoms with Crippen LogP contribution in [0.1, 0.15) is 32.6 Å². The molecule has 0 spiro atoms. The van der Waals surface area contributed by atoms with Crippen LogP contribution in [-0.4, -0.2) is 19.1 Å². The van der Waals surface area contributed by atoms with Gasteiger partial charge in [-0.1, -0.05) is 12.1 Å². The van der Waals surface area contributed by atoms with E-state index in [0.717, 1.165) is 12.8 Å². The van der Waals surface area contributed by atoms with Gasteiger partial charge in [0.2, 0.25) is 0 Å². The number of esters is 1. The molecule has 0 aromatic heterocycles. The number of para-hydroxylation sites is 2. The number of halogens is 1. The molecule has 134 valence electrons. The summed E-state index contributed by atoms with van der Waals surface area (Å²) < 4.78 is 25.0. The summed E-state index contributed by atoms with van der Waals surface area (Å²) in [7, 11) is 1.45. The predicted octanol–water partition coefficient (Wildman–Crippen LogP) is 2.95. The molecule has 0 amide bonds. The second kappa shape index (κ2) is 7.37. The zero-order valence-electron chi connectivity index (χ0n) is 14.4. The number of nitrogens with one attached hydrogen (secondary N) is 1. The highest BCUT2D eigenvalue weighted by Crippen LogP contribution is 2.35.